The molecule has 1 fully saturated rings. The highest BCUT2D eigenvalue weighted by atomic mass is 32.2. The van der Waals surface area contributed by atoms with Crippen LogP contribution >= 0.6 is 11.8 Å². The Morgan fingerprint density at radius 1 is 1.18 bits per heavy atom. The molecule has 3 amide bonds. The van der Waals surface area contributed by atoms with E-state index >= 15 is 0 Å². The molecule has 2 heterocycles. The van der Waals surface area contributed by atoms with Gasteiger partial charge in [-0.3, -0.25) is 19.3 Å². The molecule has 1 saturated heterocycles. The molecule has 1 aliphatic heterocycles. The molecule has 0 spiro atoms. The molecule has 28 heavy (non-hydrogen) atoms. The smallest absolute Gasteiger partial charge is 0.294 e. The Labute approximate surface area is 161 Å². The fourth-order valence-electron chi connectivity index (χ4n) is 2.61. The van der Waals surface area contributed by atoms with Crippen LogP contribution in [-0.4, -0.2) is 38.8 Å². The quantitative estimate of drug-likeness (QED) is 0.674. The van der Waals surface area contributed by atoms with Crippen molar-refractivity contribution >= 4 is 51.6 Å². The summed E-state index contributed by atoms with van der Waals surface area (Å²) in [6, 6.07) is 10.8. The zero-order valence-corrected chi connectivity index (χ0v) is 14.9. The maximum Gasteiger partial charge on any atom is 0.294 e. The Morgan fingerprint density at radius 3 is 2.82 bits per heavy atom. The van der Waals surface area contributed by atoms with Crippen LogP contribution in [0.25, 0.3) is 17.1 Å². The van der Waals surface area contributed by atoms with E-state index < -0.39 is 29.4 Å². The molecular weight excluding hydrogens is 387 g/mol. The number of carbonyl (C=O) groups is 3. The first-order chi connectivity index (χ1) is 13.5. The maximum atomic E-state index is 13.8. The molecule has 0 aliphatic carbocycles. The van der Waals surface area contributed by atoms with E-state index in [1.54, 1.807) is 24.3 Å². The van der Waals surface area contributed by atoms with Gasteiger partial charge in [-0.1, -0.05) is 24.3 Å². The number of hydrogen-bond donors (Lipinski definition) is 1. The van der Waals surface area contributed by atoms with Crippen LogP contribution in [0.4, 0.5) is 14.9 Å². The second-order valence-electron chi connectivity index (χ2n) is 5.78. The topological polar surface area (TPSA) is 105 Å². The summed E-state index contributed by atoms with van der Waals surface area (Å²) in [5.74, 6) is -1.76. The van der Waals surface area contributed by atoms with Crippen molar-refractivity contribution in [3.63, 3.8) is 0 Å². The van der Waals surface area contributed by atoms with Gasteiger partial charge in [-0.2, -0.15) is 0 Å². The lowest BCUT2D eigenvalue weighted by Crippen LogP contribution is -2.36. The molecule has 0 atom stereocenters. The summed E-state index contributed by atoms with van der Waals surface area (Å²) in [4.78, 5) is 37.8. The zero-order chi connectivity index (χ0) is 19.7. The normalized spacial score (nSPS) is 15.6. The predicted octanol–water partition coefficient (Wildman–Crippen LogP) is 3.04. The minimum absolute atomic E-state index is 0.0469. The number of thioether (sulfide) groups is 1. The Balaban J connectivity index is 1.49. The van der Waals surface area contributed by atoms with E-state index in [0.717, 1.165) is 4.90 Å². The number of carbonyl (C=O) groups excluding carboxylic acids is 3. The van der Waals surface area contributed by atoms with Gasteiger partial charge in [0.05, 0.1) is 10.6 Å². The van der Waals surface area contributed by atoms with Gasteiger partial charge in [-0.05, 0) is 46.4 Å². The average molecular weight is 398 g/mol. The van der Waals surface area contributed by atoms with E-state index in [1.807, 2.05) is 0 Å². The number of nitrogens with zero attached hydrogens (tertiary/aromatic N) is 3. The van der Waals surface area contributed by atoms with Crippen LogP contribution in [0.15, 0.2) is 52.0 Å². The van der Waals surface area contributed by atoms with Gasteiger partial charge >= 0.3 is 0 Å². The van der Waals surface area contributed by atoms with Gasteiger partial charge in [0.1, 0.15) is 17.9 Å². The molecule has 0 bridgehead atoms. The fraction of sp³-hybridized carbons (Fsp3) is 0.0556. The molecule has 10 heteroatoms. The Hall–Kier alpha value is -3.53. The molecule has 0 radical (unpaired) electrons. The third-order valence-corrected chi connectivity index (χ3v) is 4.83. The third kappa shape index (κ3) is 3.37. The van der Waals surface area contributed by atoms with E-state index in [2.05, 4.69) is 20.3 Å². The molecule has 1 N–H and O–H groups in total. The van der Waals surface area contributed by atoms with Crippen molar-refractivity contribution in [2.24, 2.45) is 0 Å². The van der Waals surface area contributed by atoms with Gasteiger partial charge in [0.15, 0.2) is 5.52 Å². The number of benzene rings is 2. The van der Waals surface area contributed by atoms with Gasteiger partial charge < -0.3 is 5.32 Å². The lowest BCUT2D eigenvalue weighted by atomic mass is 10.2. The second kappa shape index (κ2) is 7.24. The fourth-order valence-corrected chi connectivity index (χ4v) is 3.44. The Kier molecular flexibility index (Phi) is 4.62. The lowest BCUT2D eigenvalue weighted by molar-refractivity contribution is -0.127. The number of fused-ring (bicyclic) bond motifs is 1. The van der Waals surface area contributed by atoms with Crippen molar-refractivity contribution in [1.82, 2.24) is 15.2 Å². The summed E-state index contributed by atoms with van der Waals surface area (Å²) in [7, 11) is 0. The monoisotopic (exact) mass is 398 g/mol. The molecule has 3 aromatic rings. The van der Waals surface area contributed by atoms with Crippen LogP contribution in [0, 0.1) is 5.82 Å². The minimum atomic E-state index is -0.658. The first-order valence-corrected chi connectivity index (χ1v) is 8.85. The van der Waals surface area contributed by atoms with E-state index in [9.17, 15) is 18.8 Å². The number of hydrogen-bond acceptors (Lipinski definition) is 7. The SMILES string of the molecule is O=C(CN1C(=O)SC(=Cc2ccccc2F)C1=O)Nc1cccc2nonc12. The van der Waals surface area contributed by atoms with Gasteiger partial charge in [0, 0.05) is 5.56 Å². The number of rotatable bonds is 4. The van der Waals surface area contributed by atoms with Gasteiger partial charge in [-0.15, -0.1) is 0 Å². The van der Waals surface area contributed by atoms with Gasteiger partial charge in [-0.25, -0.2) is 9.02 Å². The van der Waals surface area contributed by atoms with Crippen LogP contribution in [0.5, 0.6) is 0 Å². The number of amides is 3. The standard InChI is InChI=1S/C18H11FN4O4S/c19-11-5-2-1-4-10(11)8-14-17(25)23(18(26)28-14)9-15(24)20-12-6-3-7-13-16(12)22-27-21-13/h1-8H,9H2,(H,20,24). The summed E-state index contributed by atoms with van der Waals surface area (Å²) in [5, 5.41) is 9.35. The van der Waals surface area contributed by atoms with E-state index in [1.165, 1.54) is 24.3 Å². The highest BCUT2D eigenvalue weighted by Crippen LogP contribution is 2.32. The molecule has 0 unspecified atom stereocenters. The number of aromatic nitrogens is 2. The second-order valence-corrected chi connectivity index (χ2v) is 6.77. The van der Waals surface area contributed by atoms with Crippen molar-refractivity contribution in [2.75, 3.05) is 11.9 Å². The summed E-state index contributed by atoms with van der Waals surface area (Å²) in [6.45, 7) is -0.485. The predicted molar refractivity (Wildman–Crippen MR) is 99.5 cm³/mol. The lowest BCUT2D eigenvalue weighted by Gasteiger charge is -2.12. The summed E-state index contributed by atoms with van der Waals surface area (Å²) in [6.07, 6.45) is 1.29. The molecule has 8 nitrogen and oxygen atoms in total. The molecule has 140 valence electrons. The minimum Gasteiger partial charge on any atom is -0.322 e. The maximum absolute atomic E-state index is 13.8. The number of imide groups is 1. The van der Waals surface area contributed by atoms with Gasteiger partial charge in [0.25, 0.3) is 11.1 Å². The highest BCUT2D eigenvalue weighted by Gasteiger charge is 2.36. The van der Waals surface area contributed by atoms with Gasteiger partial charge in [0.2, 0.25) is 5.91 Å². The van der Waals surface area contributed by atoms with Crippen molar-refractivity contribution in [2.45, 2.75) is 0 Å². The van der Waals surface area contributed by atoms with Crippen molar-refractivity contribution < 1.29 is 23.4 Å². The summed E-state index contributed by atoms with van der Waals surface area (Å²) < 4.78 is 18.4. The number of anilines is 1. The summed E-state index contributed by atoms with van der Waals surface area (Å²) >= 11 is 0.652. The van der Waals surface area contributed by atoms with Crippen LogP contribution in [-0.2, 0) is 9.59 Å². The first kappa shape index (κ1) is 17.9. The largest absolute Gasteiger partial charge is 0.322 e. The van der Waals surface area contributed by atoms with Crippen LogP contribution < -0.4 is 5.32 Å². The van der Waals surface area contributed by atoms with Crippen molar-refractivity contribution in [1.29, 1.82) is 0 Å². The molecular formula is C18H11FN4O4S. The van der Waals surface area contributed by atoms with Crippen LogP contribution in [0.3, 0.4) is 0 Å². The van der Waals surface area contributed by atoms with E-state index in [0.29, 0.717) is 28.5 Å². The molecule has 1 aromatic heterocycles. The highest BCUT2D eigenvalue weighted by molar-refractivity contribution is 8.18. The van der Waals surface area contributed by atoms with Crippen LogP contribution in [0.1, 0.15) is 5.56 Å². The van der Waals surface area contributed by atoms with Crippen LogP contribution in [0.2, 0.25) is 0 Å². The van der Waals surface area contributed by atoms with Crippen molar-refractivity contribution in [3.8, 4) is 0 Å². The first-order valence-electron chi connectivity index (χ1n) is 8.04. The molecule has 2 aromatic carbocycles. The Bertz CT molecular complexity index is 1140. The Morgan fingerprint density at radius 2 is 2.00 bits per heavy atom. The number of halogens is 1. The van der Waals surface area contributed by atoms with E-state index in [-0.39, 0.29) is 10.5 Å². The molecule has 1 aliphatic rings. The zero-order valence-electron chi connectivity index (χ0n) is 14.1. The molecule has 0 saturated carbocycles. The third-order valence-electron chi connectivity index (χ3n) is 3.93. The molecule has 4 rings (SSSR count). The van der Waals surface area contributed by atoms with E-state index in [4.69, 9.17) is 0 Å². The summed E-state index contributed by atoms with van der Waals surface area (Å²) in [5.41, 5.74) is 1.33. The average Bonchev–Trinajstić information content (AvgIpc) is 3.25. The van der Waals surface area contributed by atoms with Crippen molar-refractivity contribution in [3.05, 3.63) is 58.8 Å². The number of nitrogens with one attached hydrogen (secondary N) is 1.